The Morgan fingerprint density at radius 2 is 2.16 bits per heavy atom. The fourth-order valence-electron chi connectivity index (χ4n) is 1.46. The van der Waals surface area contributed by atoms with Crippen LogP contribution < -0.4 is 4.74 Å². The van der Waals surface area contributed by atoms with Gasteiger partial charge in [0.25, 0.3) is 0 Å². The molecule has 0 amide bonds. The molecular formula is C12H8ClFN2O3. The van der Waals surface area contributed by atoms with Gasteiger partial charge in [-0.05, 0) is 12.1 Å². The fraction of sp³-hybridized carbons (Fsp3) is 0.0833. The zero-order chi connectivity index (χ0) is 13.8. The molecule has 5 nitrogen and oxygen atoms in total. The molecule has 0 aliphatic rings. The molecule has 0 aliphatic heterocycles. The predicted octanol–water partition coefficient (Wildman–Crippen LogP) is 3.36. The summed E-state index contributed by atoms with van der Waals surface area (Å²) in [5.74, 6) is -1.21. The van der Waals surface area contributed by atoms with Crippen molar-refractivity contribution in [1.82, 2.24) is 4.98 Å². The Balaban J connectivity index is 2.25. The number of nitro benzene ring substituents is 1. The maximum absolute atomic E-state index is 13.5. The Bertz CT molecular complexity index is 622. The zero-order valence-electron chi connectivity index (χ0n) is 9.55. The van der Waals surface area contributed by atoms with Crippen LogP contribution in [0.3, 0.4) is 0 Å². The van der Waals surface area contributed by atoms with Gasteiger partial charge in [-0.2, -0.15) is 0 Å². The van der Waals surface area contributed by atoms with Crippen LogP contribution in [0.4, 0.5) is 10.1 Å². The molecule has 0 atom stereocenters. The van der Waals surface area contributed by atoms with Crippen molar-refractivity contribution in [2.45, 2.75) is 6.61 Å². The molecule has 0 fully saturated rings. The van der Waals surface area contributed by atoms with Crippen LogP contribution in [0.15, 0.2) is 36.5 Å². The number of aromatic nitrogens is 1. The Labute approximate surface area is 112 Å². The maximum Gasteiger partial charge on any atom is 0.314 e. The summed E-state index contributed by atoms with van der Waals surface area (Å²) >= 11 is 5.81. The molecule has 98 valence electrons. The van der Waals surface area contributed by atoms with Gasteiger partial charge in [0.05, 0.1) is 4.92 Å². The Morgan fingerprint density at radius 3 is 2.84 bits per heavy atom. The van der Waals surface area contributed by atoms with Gasteiger partial charge in [0.15, 0.2) is 5.82 Å². The molecule has 0 saturated heterocycles. The van der Waals surface area contributed by atoms with E-state index in [9.17, 15) is 14.5 Å². The van der Waals surface area contributed by atoms with Crippen LogP contribution in [0.1, 0.15) is 5.56 Å². The fourth-order valence-corrected chi connectivity index (χ4v) is 1.63. The Kier molecular flexibility index (Phi) is 3.91. The first-order valence-corrected chi connectivity index (χ1v) is 5.62. The smallest absolute Gasteiger partial charge is 0.314 e. The number of pyridine rings is 1. The molecule has 7 heteroatoms. The van der Waals surface area contributed by atoms with Crippen LogP contribution in [-0.4, -0.2) is 9.91 Å². The summed E-state index contributed by atoms with van der Waals surface area (Å²) in [4.78, 5) is 13.9. The van der Waals surface area contributed by atoms with Gasteiger partial charge in [0.1, 0.15) is 11.8 Å². The molecule has 0 saturated carbocycles. The average Bonchev–Trinajstić information content (AvgIpc) is 2.38. The van der Waals surface area contributed by atoms with Gasteiger partial charge in [-0.1, -0.05) is 23.7 Å². The molecule has 1 aromatic heterocycles. The molecular weight excluding hydrogens is 275 g/mol. The molecule has 0 spiro atoms. The van der Waals surface area contributed by atoms with Gasteiger partial charge >= 0.3 is 5.69 Å². The van der Waals surface area contributed by atoms with E-state index in [1.807, 2.05) is 0 Å². The van der Waals surface area contributed by atoms with Gasteiger partial charge < -0.3 is 4.74 Å². The van der Waals surface area contributed by atoms with Gasteiger partial charge in [0.2, 0.25) is 5.75 Å². The summed E-state index contributed by atoms with van der Waals surface area (Å²) in [6.45, 7) is -0.103. The second-order valence-corrected chi connectivity index (χ2v) is 3.95. The van der Waals surface area contributed by atoms with E-state index in [-0.39, 0.29) is 11.8 Å². The van der Waals surface area contributed by atoms with E-state index in [4.69, 9.17) is 16.3 Å². The third kappa shape index (κ3) is 2.97. The maximum atomic E-state index is 13.5. The number of hydrogen-bond acceptors (Lipinski definition) is 4. The molecule has 0 N–H and O–H groups in total. The first-order chi connectivity index (χ1) is 9.09. The summed E-state index contributed by atoms with van der Waals surface area (Å²) in [7, 11) is 0. The standard InChI is InChI=1S/C12H8ClFN2O3/c13-12-8(3-2-6-15-12)7-19-11-9(14)4-1-5-10(11)16(17)18/h1-6H,7H2. The van der Waals surface area contributed by atoms with E-state index in [1.54, 1.807) is 12.1 Å². The molecule has 1 heterocycles. The second-order valence-electron chi connectivity index (χ2n) is 3.59. The van der Waals surface area contributed by atoms with Crippen molar-refractivity contribution in [3.05, 3.63) is 63.2 Å². The highest BCUT2D eigenvalue weighted by Crippen LogP contribution is 2.30. The topological polar surface area (TPSA) is 65.3 Å². The van der Waals surface area contributed by atoms with Crippen molar-refractivity contribution in [2.24, 2.45) is 0 Å². The summed E-state index contributed by atoms with van der Waals surface area (Å²) in [6, 6.07) is 6.79. The number of benzene rings is 1. The highest BCUT2D eigenvalue weighted by atomic mass is 35.5. The minimum Gasteiger partial charge on any atom is -0.480 e. The number of nitro groups is 1. The van der Waals surface area contributed by atoms with E-state index in [2.05, 4.69) is 4.98 Å². The summed E-state index contributed by atoms with van der Waals surface area (Å²) in [5, 5.41) is 11.0. The molecule has 0 aliphatic carbocycles. The number of rotatable bonds is 4. The quantitative estimate of drug-likeness (QED) is 0.490. The van der Waals surface area contributed by atoms with E-state index in [0.717, 1.165) is 6.07 Å². The van der Waals surface area contributed by atoms with E-state index < -0.39 is 22.2 Å². The zero-order valence-corrected chi connectivity index (χ0v) is 10.3. The van der Waals surface area contributed by atoms with Crippen LogP contribution in [0.2, 0.25) is 5.15 Å². The van der Waals surface area contributed by atoms with Crippen molar-refractivity contribution >= 4 is 17.3 Å². The molecule has 0 radical (unpaired) electrons. The third-order valence-corrected chi connectivity index (χ3v) is 2.69. The van der Waals surface area contributed by atoms with Gasteiger partial charge in [-0.3, -0.25) is 10.1 Å². The first-order valence-electron chi connectivity index (χ1n) is 5.24. The molecule has 2 aromatic rings. The summed E-state index contributed by atoms with van der Waals surface area (Å²) < 4.78 is 18.7. The molecule has 2 rings (SSSR count). The van der Waals surface area contributed by atoms with Crippen molar-refractivity contribution < 1.29 is 14.1 Å². The number of nitrogens with zero attached hydrogens (tertiary/aromatic N) is 2. The minimum absolute atomic E-state index is 0.103. The highest BCUT2D eigenvalue weighted by molar-refractivity contribution is 6.30. The Morgan fingerprint density at radius 1 is 1.37 bits per heavy atom. The highest BCUT2D eigenvalue weighted by Gasteiger charge is 2.19. The lowest BCUT2D eigenvalue weighted by Gasteiger charge is -2.08. The van der Waals surface area contributed by atoms with Gasteiger partial charge in [-0.25, -0.2) is 9.37 Å². The summed E-state index contributed by atoms with van der Waals surface area (Å²) in [5.41, 5.74) is 0.0849. The summed E-state index contributed by atoms with van der Waals surface area (Å²) in [6.07, 6.45) is 1.50. The lowest BCUT2D eigenvalue weighted by Crippen LogP contribution is -2.02. The van der Waals surface area contributed by atoms with Crippen LogP contribution in [0, 0.1) is 15.9 Å². The first kappa shape index (κ1) is 13.2. The number of hydrogen-bond donors (Lipinski definition) is 0. The Hall–Kier alpha value is -2.21. The largest absolute Gasteiger partial charge is 0.480 e. The van der Waals surface area contributed by atoms with Crippen LogP contribution >= 0.6 is 11.6 Å². The SMILES string of the molecule is O=[N+]([O-])c1cccc(F)c1OCc1cccnc1Cl. The van der Waals surface area contributed by atoms with E-state index in [1.165, 1.54) is 18.3 Å². The monoisotopic (exact) mass is 282 g/mol. The second kappa shape index (κ2) is 5.62. The van der Waals surface area contributed by atoms with E-state index in [0.29, 0.717) is 5.56 Å². The van der Waals surface area contributed by atoms with Gasteiger partial charge in [0, 0.05) is 17.8 Å². The molecule has 0 bridgehead atoms. The van der Waals surface area contributed by atoms with Crippen molar-refractivity contribution in [3.8, 4) is 5.75 Å². The number of halogens is 2. The van der Waals surface area contributed by atoms with Crippen molar-refractivity contribution in [3.63, 3.8) is 0 Å². The van der Waals surface area contributed by atoms with Crippen LogP contribution in [-0.2, 0) is 6.61 Å². The lowest BCUT2D eigenvalue weighted by molar-refractivity contribution is -0.386. The van der Waals surface area contributed by atoms with Crippen molar-refractivity contribution in [2.75, 3.05) is 0 Å². The van der Waals surface area contributed by atoms with E-state index >= 15 is 0 Å². The van der Waals surface area contributed by atoms with Crippen LogP contribution in [0.25, 0.3) is 0 Å². The lowest BCUT2D eigenvalue weighted by atomic mass is 10.2. The third-order valence-electron chi connectivity index (χ3n) is 2.35. The average molecular weight is 283 g/mol. The normalized spacial score (nSPS) is 10.2. The minimum atomic E-state index is -0.797. The van der Waals surface area contributed by atoms with Crippen LogP contribution in [0.5, 0.6) is 5.75 Å². The molecule has 1 aromatic carbocycles. The molecule has 19 heavy (non-hydrogen) atoms. The number of para-hydroxylation sites is 1. The van der Waals surface area contributed by atoms with Gasteiger partial charge in [-0.15, -0.1) is 0 Å². The number of ether oxygens (including phenoxy) is 1. The van der Waals surface area contributed by atoms with Crippen molar-refractivity contribution in [1.29, 1.82) is 0 Å². The predicted molar refractivity (Wildman–Crippen MR) is 66.6 cm³/mol. The molecule has 0 unspecified atom stereocenters.